The summed E-state index contributed by atoms with van der Waals surface area (Å²) < 4.78 is 4.65. The molecule has 0 radical (unpaired) electrons. The maximum atomic E-state index is 12.7. The van der Waals surface area contributed by atoms with E-state index in [0.717, 1.165) is 38.2 Å². The van der Waals surface area contributed by atoms with E-state index in [9.17, 15) is 9.59 Å². The number of carbonyl (C=O) groups excluding carboxylic acids is 2. The first kappa shape index (κ1) is 20.5. The summed E-state index contributed by atoms with van der Waals surface area (Å²) in [5.74, 6) is -0.114. The van der Waals surface area contributed by atoms with Crippen molar-refractivity contribution in [2.75, 3.05) is 26.2 Å². The Kier molecular flexibility index (Phi) is 6.37. The number of aromatic nitrogens is 3. The van der Waals surface area contributed by atoms with Crippen molar-refractivity contribution >= 4 is 11.8 Å². The molecular weight excluding hydrogens is 384 g/mol. The summed E-state index contributed by atoms with van der Waals surface area (Å²) in [6.07, 6.45) is 4.56. The number of hydrogen-bond acceptors (Lipinski definition) is 7. The fraction of sp³-hybridized carbons (Fsp3) is 0.571. The average molecular weight is 412 g/mol. The Balaban J connectivity index is 1.19. The number of nitrogens with one attached hydrogen (secondary N) is 1. The first-order valence-electron chi connectivity index (χ1n) is 10.6. The maximum Gasteiger partial charge on any atom is 0.228 e. The van der Waals surface area contributed by atoms with Gasteiger partial charge in [0.25, 0.3) is 0 Å². The smallest absolute Gasteiger partial charge is 0.228 e. The van der Waals surface area contributed by atoms with E-state index in [-0.39, 0.29) is 30.2 Å². The van der Waals surface area contributed by atoms with Crippen LogP contribution in [0.25, 0.3) is 0 Å². The van der Waals surface area contributed by atoms with Crippen LogP contribution in [-0.4, -0.2) is 69.1 Å². The van der Waals surface area contributed by atoms with E-state index >= 15 is 0 Å². The minimum Gasteiger partial charge on any atom is -0.353 e. The van der Waals surface area contributed by atoms with E-state index in [1.807, 2.05) is 24.4 Å². The molecule has 0 aromatic carbocycles. The summed E-state index contributed by atoms with van der Waals surface area (Å²) in [5.41, 5.74) is 2.27. The summed E-state index contributed by atoms with van der Waals surface area (Å²) >= 11 is 0. The van der Waals surface area contributed by atoms with Crippen molar-refractivity contribution in [2.45, 2.75) is 45.2 Å². The molecule has 4 heterocycles. The second-order valence-corrected chi connectivity index (χ2v) is 8.18. The Labute approximate surface area is 175 Å². The molecule has 160 valence electrons. The van der Waals surface area contributed by atoms with Crippen LogP contribution in [0.4, 0.5) is 0 Å². The molecule has 2 aliphatic heterocycles. The van der Waals surface area contributed by atoms with Crippen LogP contribution in [0.5, 0.6) is 0 Å². The zero-order valence-corrected chi connectivity index (χ0v) is 17.3. The number of amides is 2. The quantitative estimate of drug-likeness (QED) is 0.753. The molecule has 1 N–H and O–H groups in total. The van der Waals surface area contributed by atoms with Gasteiger partial charge in [0.05, 0.1) is 18.0 Å². The van der Waals surface area contributed by atoms with Gasteiger partial charge >= 0.3 is 0 Å². The van der Waals surface area contributed by atoms with Gasteiger partial charge in [-0.2, -0.15) is 0 Å². The molecule has 9 heteroatoms. The highest BCUT2D eigenvalue weighted by atomic mass is 16.6. The van der Waals surface area contributed by atoms with Gasteiger partial charge in [-0.1, -0.05) is 16.4 Å². The number of aryl methyl sites for hydroxylation is 1. The van der Waals surface area contributed by atoms with Crippen molar-refractivity contribution in [3.63, 3.8) is 0 Å². The number of hydrogen-bond donors (Lipinski definition) is 1. The second-order valence-electron chi connectivity index (χ2n) is 8.18. The fourth-order valence-electron chi connectivity index (χ4n) is 4.14. The lowest BCUT2D eigenvalue weighted by atomic mass is 10.0. The van der Waals surface area contributed by atoms with Gasteiger partial charge < -0.3 is 10.2 Å². The molecule has 1 unspecified atom stereocenters. The van der Waals surface area contributed by atoms with Gasteiger partial charge in [-0.25, -0.2) is 4.63 Å². The van der Waals surface area contributed by atoms with Crippen LogP contribution in [0, 0.1) is 12.8 Å². The monoisotopic (exact) mass is 412 g/mol. The minimum atomic E-state index is -0.142. The third-order valence-corrected chi connectivity index (χ3v) is 6.02. The highest BCUT2D eigenvalue weighted by Gasteiger charge is 2.33. The van der Waals surface area contributed by atoms with Crippen molar-refractivity contribution in [3.8, 4) is 0 Å². The van der Waals surface area contributed by atoms with Crippen LogP contribution in [0.1, 0.15) is 36.3 Å². The van der Waals surface area contributed by atoms with Gasteiger partial charge in [0.15, 0.2) is 0 Å². The van der Waals surface area contributed by atoms with Gasteiger partial charge in [-0.3, -0.25) is 19.5 Å². The number of carbonyl (C=O) groups is 2. The lowest BCUT2D eigenvalue weighted by Crippen LogP contribution is -2.46. The molecule has 30 heavy (non-hydrogen) atoms. The van der Waals surface area contributed by atoms with E-state index in [4.69, 9.17) is 0 Å². The van der Waals surface area contributed by atoms with Gasteiger partial charge in [-0.15, -0.1) is 0 Å². The summed E-state index contributed by atoms with van der Waals surface area (Å²) in [4.78, 5) is 33.7. The van der Waals surface area contributed by atoms with E-state index < -0.39 is 0 Å². The molecule has 2 aromatic heterocycles. The van der Waals surface area contributed by atoms with Crippen molar-refractivity contribution in [1.82, 2.24) is 30.4 Å². The Morgan fingerprint density at radius 1 is 1.17 bits per heavy atom. The Bertz CT molecular complexity index is 863. The standard InChI is InChI=1S/C21H28N6O3/c1-15-19(25-30-24-15)12-20(28)27-11-5-16(13-27)21(29)23-17-6-9-26(10-7-17)14-18-4-2-3-8-22-18/h2-4,8,16-17H,5-7,9-14H2,1H3,(H,23,29). The fourth-order valence-corrected chi connectivity index (χ4v) is 4.14. The third kappa shape index (κ3) is 5.02. The highest BCUT2D eigenvalue weighted by molar-refractivity contribution is 5.83. The van der Waals surface area contributed by atoms with Gasteiger partial charge in [0.1, 0.15) is 11.4 Å². The van der Waals surface area contributed by atoms with Gasteiger partial charge in [-0.05, 0) is 38.3 Å². The SMILES string of the molecule is Cc1nonc1CC(=O)N1CCC(C(=O)NC2CCN(Cc3ccccn3)CC2)C1. The predicted molar refractivity (Wildman–Crippen MR) is 108 cm³/mol. The molecule has 2 fully saturated rings. The zero-order valence-electron chi connectivity index (χ0n) is 17.3. The molecule has 0 bridgehead atoms. The molecule has 0 spiro atoms. The van der Waals surface area contributed by atoms with E-state index in [1.165, 1.54) is 0 Å². The lowest BCUT2D eigenvalue weighted by molar-refractivity contribution is -0.130. The number of piperidine rings is 1. The first-order valence-corrected chi connectivity index (χ1v) is 10.6. The van der Waals surface area contributed by atoms with E-state index in [1.54, 1.807) is 11.8 Å². The van der Waals surface area contributed by atoms with E-state index in [0.29, 0.717) is 30.9 Å². The van der Waals surface area contributed by atoms with Gasteiger partial charge in [0, 0.05) is 45.0 Å². The number of pyridine rings is 1. The van der Waals surface area contributed by atoms with Gasteiger partial charge in [0.2, 0.25) is 11.8 Å². The van der Waals surface area contributed by atoms with E-state index in [2.05, 4.69) is 30.1 Å². The van der Waals surface area contributed by atoms with Crippen molar-refractivity contribution in [3.05, 3.63) is 41.5 Å². The Morgan fingerprint density at radius 2 is 2.00 bits per heavy atom. The third-order valence-electron chi connectivity index (χ3n) is 6.02. The number of likely N-dealkylation sites (tertiary alicyclic amines) is 2. The Morgan fingerprint density at radius 3 is 2.70 bits per heavy atom. The topological polar surface area (TPSA) is 104 Å². The molecule has 9 nitrogen and oxygen atoms in total. The highest BCUT2D eigenvalue weighted by Crippen LogP contribution is 2.20. The average Bonchev–Trinajstić information content (AvgIpc) is 3.40. The van der Waals surface area contributed by atoms with Crippen molar-refractivity contribution < 1.29 is 14.2 Å². The summed E-state index contributed by atoms with van der Waals surface area (Å²) in [6.45, 7) is 5.57. The predicted octanol–water partition coefficient (Wildman–Crippen LogP) is 0.945. The van der Waals surface area contributed by atoms with Crippen LogP contribution in [0.3, 0.4) is 0 Å². The molecular formula is C21H28N6O3. The largest absolute Gasteiger partial charge is 0.353 e. The normalized spacial score (nSPS) is 20.4. The molecule has 2 amide bonds. The molecule has 4 rings (SSSR count). The van der Waals surface area contributed by atoms with Crippen LogP contribution >= 0.6 is 0 Å². The second kappa shape index (κ2) is 9.34. The van der Waals surface area contributed by atoms with Crippen LogP contribution in [0.15, 0.2) is 29.0 Å². The molecule has 0 saturated carbocycles. The summed E-state index contributed by atoms with van der Waals surface area (Å²) in [7, 11) is 0. The minimum absolute atomic E-state index is 0.0353. The van der Waals surface area contributed by atoms with Crippen molar-refractivity contribution in [1.29, 1.82) is 0 Å². The molecule has 0 aliphatic carbocycles. The zero-order chi connectivity index (χ0) is 20.9. The molecule has 2 aromatic rings. The summed E-state index contributed by atoms with van der Waals surface area (Å²) in [6, 6.07) is 6.18. The molecule has 2 saturated heterocycles. The number of nitrogens with zero attached hydrogens (tertiary/aromatic N) is 5. The van der Waals surface area contributed by atoms with Crippen LogP contribution in [-0.2, 0) is 22.6 Å². The van der Waals surface area contributed by atoms with Crippen LogP contribution < -0.4 is 5.32 Å². The maximum absolute atomic E-state index is 12.7. The number of rotatable bonds is 6. The molecule has 1 atom stereocenters. The van der Waals surface area contributed by atoms with Crippen molar-refractivity contribution in [2.24, 2.45) is 5.92 Å². The first-order chi connectivity index (χ1) is 14.6. The molecule has 2 aliphatic rings. The Hall–Kier alpha value is -2.81. The lowest BCUT2D eigenvalue weighted by Gasteiger charge is -2.32. The van der Waals surface area contributed by atoms with Crippen LogP contribution in [0.2, 0.25) is 0 Å². The summed E-state index contributed by atoms with van der Waals surface area (Å²) in [5, 5.41) is 10.7.